The van der Waals surface area contributed by atoms with E-state index < -0.39 is 5.60 Å². The lowest BCUT2D eigenvalue weighted by molar-refractivity contribution is -0.0446. The first-order chi connectivity index (χ1) is 14.9. The van der Waals surface area contributed by atoms with E-state index in [4.69, 9.17) is 5.26 Å². The SMILES string of the molecule is CCC12CCC(O)(CC#N)CC1CCCc1cc(C(=O)Nc3cccnc3C)ccc12. The number of aromatic nitrogens is 1. The molecule has 0 aliphatic heterocycles. The van der Waals surface area contributed by atoms with E-state index in [0.717, 1.165) is 43.5 Å². The Bertz CT molecular complexity index is 1030. The lowest BCUT2D eigenvalue weighted by Crippen LogP contribution is -2.47. The number of rotatable bonds is 4. The normalized spacial score (nSPS) is 27.4. The number of aryl methyl sites for hydroxylation is 2. The van der Waals surface area contributed by atoms with Crippen molar-refractivity contribution in [3.05, 3.63) is 58.9 Å². The second-order valence-electron chi connectivity index (χ2n) is 9.32. The van der Waals surface area contributed by atoms with Crippen LogP contribution in [0.5, 0.6) is 0 Å². The van der Waals surface area contributed by atoms with Gasteiger partial charge in [0.25, 0.3) is 5.91 Å². The van der Waals surface area contributed by atoms with Crippen LogP contribution in [0.4, 0.5) is 5.69 Å². The Morgan fingerprint density at radius 2 is 2.19 bits per heavy atom. The van der Waals surface area contributed by atoms with Gasteiger partial charge in [-0.15, -0.1) is 0 Å². The zero-order valence-electron chi connectivity index (χ0n) is 18.4. The lowest BCUT2D eigenvalue weighted by Gasteiger charge is -2.49. The molecule has 5 nitrogen and oxygen atoms in total. The topological polar surface area (TPSA) is 86.0 Å². The van der Waals surface area contributed by atoms with Crippen molar-refractivity contribution in [1.29, 1.82) is 5.26 Å². The minimum atomic E-state index is -0.857. The molecule has 2 N–H and O–H groups in total. The van der Waals surface area contributed by atoms with Gasteiger partial charge in [-0.3, -0.25) is 9.78 Å². The molecule has 3 unspecified atom stereocenters. The van der Waals surface area contributed by atoms with Crippen molar-refractivity contribution in [1.82, 2.24) is 4.98 Å². The number of benzene rings is 1. The zero-order valence-corrected chi connectivity index (χ0v) is 18.4. The van der Waals surface area contributed by atoms with Crippen LogP contribution in [0, 0.1) is 24.2 Å². The largest absolute Gasteiger partial charge is 0.389 e. The van der Waals surface area contributed by atoms with Gasteiger partial charge in [-0.05, 0) is 98.6 Å². The summed E-state index contributed by atoms with van der Waals surface area (Å²) in [5.41, 5.74) is 3.95. The molecule has 1 heterocycles. The fraction of sp³-hybridized carbons (Fsp3) is 0.500. The van der Waals surface area contributed by atoms with Crippen molar-refractivity contribution in [2.75, 3.05) is 5.32 Å². The van der Waals surface area contributed by atoms with Gasteiger partial charge in [-0.2, -0.15) is 5.26 Å². The molecule has 0 spiro atoms. The molecule has 0 bridgehead atoms. The molecule has 4 rings (SSSR count). The van der Waals surface area contributed by atoms with Crippen LogP contribution >= 0.6 is 0 Å². The van der Waals surface area contributed by atoms with E-state index in [1.54, 1.807) is 6.20 Å². The zero-order chi connectivity index (χ0) is 22.1. The van der Waals surface area contributed by atoms with Crippen LogP contribution in [0.1, 0.15) is 79.0 Å². The number of nitrogens with one attached hydrogen (secondary N) is 1. The minimum absolute atomic E-state index is 0.0163. The van der Waals surface area contributed by atoms with E-state index in [0.29, 0.717) is 24.3 Å². The Morgan fingerprint density at radius 1 is 1.35 bits per heavy atom. The van der Waals surface area contributed by atoms with Crippen molar-refractivity contribution in [3.63, 3.8) is 0 Å². The van der Waals surface area contributed by atoms with Crippen LogP contribution in [0.15, 0.2) is 36.5 Å². The van der Waals surface area contributed by atoms with Crippen molar-refractivity contribution in [2.45, 2.75) is 76.2 Å². The van der Waals surface area contributed by atoms with E-state index in [9.17, 15) is 9.90 Å². The first-order valence-electron chi connectivity index (χ1n) is 11.4. The smallest absolute Gasteiger partial charge is 0.255 e. The molecular formula is C26H31N3O2. The molecule has 31 heavy (non-hydrogen) atoms. The van der Waals surface area contributed by atoms with Gasteiger partial charge < -0.3 is 10.4 Å². The van der Waals surface area contributed by atoms with Gasteiger partial charge in [0.05, 0.1) is 29.5 Å². The number of pyridine rings is 1. The summed E-state index contributed by atoms with van der Waals surface area (Å²) >= 11 is 0. The molecule has 2 aliphatic rings. The summed E-state index contributed by atoms with van der Waals surface area (Å²) in [6.45, 7) is 4.12. The number of fused-ring (bicyclic) bond motifs is 3. The van der Waals surface area contributed by atoms with Gasteiger partial charge in [0.2, 0.25) is 0 Å². The maximum Gasteiger partial charge on any atom is 0.255 e. The highest BCUT2D eigenvalue weighted by molar-refractivity contribution is 6.04. The van der Waals surface area contributed by atoms with Crippen molar-refractivity contribution < 1.29 is 9.90 Å². The molecule has 2 aromatic rings. The van der Waals surface area contributed by atoms with Crippen LogP contribution in [0.25, 0.3) is 0 Å². The van der Waals surface area contributed by atoms with Crippen molar-refractivity contribution >= 4 is 11.6 Å². The Kier molecular flexibility index (Phi) is 5.85. The molecule has 5 heteroatoms. The fourth-order valence-electron chi connectivity index (χ4n) is 5.89. The molecule has 1 saturated carbocycles. The van der Waals surface area contributed by atoms with Crippen molar-refractivity contribution in [3.8, 4) is 6.07 Å². The molecule has 1 aromatic carbocycles. The summed E-state index contributed by atoms with van der Waals surface area (Å²) < 4.78 is 0. The molecule has 1 aromatic heterocycles. The fourth-order valence-corrected chi connectivity index (χ4v) is 5.89. The maximum absolute atomic E-state index is 12.9. The third kappa shape index (κ3) is 3.97. The third-order valence-corrected chi connectivity index (χ3v) is 7.64. The summed E-state index contributed by atoms with van der Waals surface area (Å²) in [5, 5.41) is 23.1. The Hall–Kier alpha value is -2.71. The van der Waals surface area contributed by atoms with E-state index in [1.807, 2.05) is 25.1 Å². The summed E-state index contributed by atoms with van der Waals surface area (Å²) in [5.74, 6) is 0.251. The first-order valence-corrected chi connectivity index (χ1v) is 11.4. The maximum atomic E-state index is 12.9. The number of carbonyl (C=O) groups is 1. The number of aliphatic hydroxyl groups is 1. The number of amides is 1. The molecule has 1 fully saturated rings. The van der Waals surface area contributed by atoms with Gasteiger partial charge in [0.1, 0.15) is 0 Å². The van der Waals surface area contributed by atoms with Gasteiger partial charge in [-0.25, -0.2) is 0 Å². The second kappa shape index (κ2) is 8.43. The van der Waals surface area contributed by atoms with Gasteiger partial charge in [0, 0.05) is 11.8 Å². The highest BCUT2D eigenvalue weighted by Gasteiger charge is 2.49. The number of hydrogen-bond donors (Lipinski definition) is 2. The number of hydrogen-bond acceptors (Lipinski definition) is 4. The van der Waals surface area contributed by atoms with E-state index >= 15 is 0 Å². The lowest BCUT2D eigenvalue weighted by atomic mass is 9.56. The molecule has 1 amide bonds. The molecule has 0 saturated heterocycles. The molecule has 2 aliphatic carbocycles. The summed E-state index contributed by atoms with van der Waals surface area (Å²) in [6, 6.07) is 12.0. The molecular weight excluding hydrogens is 386 g/mol. The average molecular weight is 418 g/mol. The predicted octanol–water partition coefficient (Wildman–Crippen LogP) is 5.07. The van der Waals surface area contributed by atoms with E-state index in [1.165, 1.54) is 11.1 Å². The second-order valence-corrected chi connectivity index (χ2v) is 9.32. The predicted molar refractivity (Wildman–Crippen MR) is 121 cm³/mol. The van der Waals surface area contributed by atoms with Gasteiger partial charge >= 0.3 is 0 Å². The van der Waals surface area contributed by atoms with E-state index in [-0.39, 0.29) is 17.7 Å². The number of anilines is 1. The first kappa shape index (κ1) is 21.5. The standard InChI is InChI=1S/C26H31N3O2/c1-3-26-12-11-25(31,13-14-27)17-21(26)7-4-6-19-16-20(9-10-22(19)26)24(30)29-23-8-5-15-28-18(23)2/h5,8-10,15-16,21,31H,3-4,6-7,11-13,17H2,1-2H3,(H,29,30). The van der Waals surface area contributed by atoms with Crippen LogP contribution < -0.4 is 5.32 Å². The highest BCUT2D eigenvalue weighted by atomic mass is 16.3. The molecule has 162 valence electrons. The number of nitrogens with zero attached hydrogens (tertiary/aromatic N) is 2. The average Bonchev–Trinajstić information content (AvgIpc) is 2.91. The summed E-state index contributed by atoms with van der Waals surface area (Å²) in [7, 11) is 0. The quantitative estimate of drug-likeness (QED) is 0.727. The van der Waals surface area contributed by atoms with Crippen molar-refractivity contribution in [2.24, 2.45) is 5.92 Å². The highest BCUT2D eigenvalue weighted by Crippen LogP contribution is 2.54. The minimum Gasteiger partial charge on any atom is -0.389 e. The van der Waals surface area contributed by atoms with Crippen LogP contribution in [0.3, 0.4) is 0 Å². The number of carbonyl (C=O) groups excluding carboxylic acids is 1. The van der Waals surface area contributed by atoms with Crippen LogP contribution in [-0.4, -0.2) is 21.6 Å². The van der Waals surface area contributed by atoms with Crippen LogP contribution in [0.2, 0.25) is 0 Å². The Morgan fingerprint density at radius 3 is 2.94 bits per heavy atom. The monoisotopic (exact) mass is 417 g/mol. The third-order valence-electron chi connectivity index (χ3n) is 7.64. The number of nitriles is 1. The molecule has 3 atom stereocenters. The summed E-state index contributed by atoms with van der Waals surface area (Å²) in [6.07, 6.45) is 8.20. The molecule has 0 radical (unpaired) electrons. The van der Waals surface area contributed by atoms with Crippen LogP contribution in [-0.2, 0) is 11.8 Å². The Labute approximate surface area is 184 Å². The van der Waals surface area contributed by atoms with Gasteiger partial charge in [-0.1, -0.05) is 13.0 Å². The Balaban J connectivity index is 1.64. The van der Waals surface area contributed by atoms with E-state index in [2.05, 4.69) is 35.4 Å². The summed E-state index contributed by atoms with van der Waals surface area (Å²) in [4.78, 5) is 17.2. The van der Waals surface area contributed by atoms with Gasteiger partial charge in [0.15, 0.2) is 0 Å².